The van der Waals surface area contributed by atoms with Crippen LogP contribution in [0.3, 0.4) is 0 Å². The molecule has 2 amide bonds. The molecule has 0 aromatic heterocycles. The highest BCUT2D eigenvalue weighted by Gasteiger charge is 2.39. The van der Waals surface area contributed by atoms with E-state index in [1.807, 2.05) is 45.0 Å². The molecule has 4 atom stereocenters. The van der Waals surface area contributed by atoms with Gasteiger partial charge in [0, 0.05) is 31.3 Å². The number of unbranched alkanes of at least 4 members (excludes halogenated alkanes) is 1. The summed E-state index contributed by atoms with van der Waals surface area (Å²) in [6.07, 6.45) is 2.22. The number of benzene rings is 1. The van der Waals surface area contributed by atoms with E-state index in [-0.39, 0.29) is 17.9 Å². The summed E-state index contributed by atoms with van der Waals surface area (Å²) in [5, 5.41) is 15.5. The van der Waals surface area contributed by atoms with Crippen molar-refractivity contribution in [2.24, 2.45) is 11.7 Å². The lowest BCUT2D eigenvalue weighted by molar-refractivity contribution is -0.147. The molecule has 5 N–H and O–H groups in total. The van der Waals surface area contributed by atoms with Crippen molar-refractivity contribution >= 4 is 30.4 Å². The third-order valence-corrected chi connectivity index (χ3v) is 6.53. The number of amides is 2. The molecule has 1 heterocycles. The molecule has 0 saturated carbocycles. The normalized spacial score (nSPS) is 18.4. The van der Waals surface area contributed by atoms with Crippen molar-refractivity contribution in [2.45, 2.75) is 77.2 Å². The molecule has 1 aromatic carbocycles. The van der Waals surface area contributed by atoms with E-state index in [0.717, 1.165) is 17.5 Å². The van der Waals surface area contributed by atoms with Crippen LogP contribution in [-0.4, -0.2) is 64.3 Å². The van der Waals surface area contributed by atoms with Gasteiger partial charge in [-0.2, -0.15) is 12.6 Å². The number of nitrogens with zero attached hydrogens (tertiary/aromatic N) is 1. The largest absolute Gasteiger partial charge is 0.480 e. The second kappa shape index (κ2) is 13.0. The summed E-state index contributed by atoms with van der Waals surface area (Å²) in [4.78, 5) is 40.2. The van der Waals surface area contributed by atoms with Crippen LogP contribution in [0.4, 0.5) is 0 Å². The Morgan fingerprint density at radius 3 is 2.48 bits per heavy atom. The van der Waals surface area contributed by atoms with E-state index in [1.165, 1.54) is 0 Å². The fourth-order valence-corrected chi connectivity index (χ4v) is 4.18. The Kier molecular flexibility index (Phi) is 10.7. The summed E-state index contributed by atoms with van der Waals surface area (Å²) in [6, 6.07) is 5.26. The van der Waals surface area contributed by atoms with Crippen LogP contribution in [0.1, 0.15) is 51.2 Å². The van der Waals surface area contributed by atoms with Gasteiger partial charge < -0.3 is 26.4 Å². The Morgan fingerprint density at radius 1 is 1.24 bits per heavy atom. The van der Waals surface area contributed by atoms with Gasteiger partial charge in [0.15, 0.2) is 0 Å². The summed E-state index contributed by atoms with van der Waals surface area (Å²) < 4.78 is 0. The Morgan fingerprint density at radius 2 is 1.91 bits per heavy atom. The molecule has 0 saturated heterocycles. The minimum atomic E-state index is -1.06. The van der Waals surface area contributed by atoms with Crippen molar-refractivity contribution in [1.29, 1.82) is 0 Å². The molecule has 0 spiro atoms. The monoisotopic (exact) mass is 478 g/mol. The predicted molar refractivity (Wildman–Crippen MR) is 132 cm³/mol. The summed E-state index contributed by atoms with van der Waals surface area (Å²) >= 11 is 4.21. The van der Waals surface area contributed by atoms with Gasteiger partial charge in [0.25, 0.3) is 0 Å². The van der Waals surface area contributed by atoms with Crippen molar-refractivity contribution in [3.63, 3.8) is 0 Å². The number of rotatable bonds is 12. The van der Waals surface area contributed by atoms with Crippen LogP contribution < -0.4 is 16.4 Å². The van der Waals surface area contributed by atoms with Crippen molar-refractivity contribution in [3.05, 3.63) is 35.4 Å². The third-order valence-electron chi connectivity index (χ3n) is 6.06. The van der Waals surface area contributed by atoms with Gasteiger partial charge in [-0.15, -0.1) is 0 Å². The lowest BCUT2D eigenvalue weighted by atomic mass is 9.91. The summed E-state index contributed by atoms with van der Waals surface area (Å²) in [5.74, 6) is -1.22. The number of carbonyl (C=O) groups excluding carboxylic acids is 2. The zero-order valence-corrected chi connectivity index (χ0v) is 20.7. The highest BCUT2D eigenvalue weighted by molar-refractivity contribution is 7.80. The molecule has 1 unspecified atom stereocenters. The Bertz CT molecular complexity index is 819. The molecular formula is C24H38N4O4S. The second-order valence-corrected chi connectivity index (χ2v) is 9.43. The maximum Gasteiger partial charge on any atom is 0.326 e. The highest BCUT2D eigenvalue weighted by Crippen LogP contribution is 2.25. The zero-order valence-electron chi connectivity index (χ0n) is 19.8. The average Bonchev–Trinajstić information content (AvgIpc) is 2.79. The molecule has 1 aliphatic heterocycles. The summed E-state index contributed by atoms with van der Waals surface area (Å²) in [5.41, 5.74) is 7.96. The molecule has 9 heteroatoms. The predicted octanol–water partition coefficient (Wildman–Crippen LogP) is 1.57. The first-order valence-corrected chi connectivity index (χ1v) is 12.3. The van der Waals surface area contributed by atoms with Crippen LogP contribution in [0, 0.1) is 5.92 Å². The van der Waals surface area contributed by atoms with Crippen LogP contribution in [0.25, 0.3) is 0 Å². The van der Waals surface area contributed by atoms with E-state index in [0.29, 0.717) is 38.1 Å². The van der Waals surface area contributed by atoms with Gasteiger partial charge in [-0.25, -0.2) is 4.79 Å². The average molecular weight is 479 g/mol. The first kappa shape index (κ1) is 27.1. The lowest BCUT2D eigenvalue weighted by Crippen LogP contribution is -2.60. The standard InChI is InChI=1S/C24H38N4O4S/c1-4-5-10-19(24(31)32)27-22(29)20-11-16-8-6-7-9-17(16)13-28(20)23(30)21(15(2)3)26-12-18(25)14-33/h6-9,15,18-21,26,33H,4-5,10-14,25H2,1-3H3,(H,27,29)(H,31,32)/t18?,19-,20+,21-/m0/s1. The number of thiol groups is 1. The number of carbonyl (C=O) groups is 3. The van der Waals surface area contributed by atoms with Gasteiger partial charge in [-0.3, -0.25) is 9.59 Å². The second-order valence-electron chi connectivity index (χ2n) is 9.07. The van der Waals surface area contributed by atoms with Crippen molar-refractivity contribution in [2.75, 3.05) is 12.3 Å². The highest BCUT2D eigenvalue weighted by atomic mass is 32.1. The Labute approximate surface area is 202 Å². The molecule has 184 valence electrons. The van der Waals surface area contributed by atoms with Crippen LogP contribution in [0.15, 0.2) is 24.3 Å². The van der Waals surface area contributed by atoms with Gasteiger partial charge >= 0.3 is 5.97 Å². The van der Waals surface area contributed by atoms with Crippen molar-refractivity contribution in [1.82, 2.24) is 15.5 Å². The van der Waals surface area contributed by atoms with Gasteiger partial charge in [0.1, 0.15) is 12.1 Å². The quantitative estimate of drug-likeness (QED) is 0.291. The SMILES string of the molecule is CCCC[C@H](NC(=O)[C@H]1Cc2ccccc2CN1C(=O)[C@@H](NCC(N)CS)C(C)C)C(=O)O. The summed E-state index contributed by atoms with van der Waals surface area (Å²) in [6.45, 7) is 6.58. The van der Waals surface area contributed by atoms with E-state index in [9.17, 15) is 19.5 Å². The van der Waals surface area contributed by atoms with Crippen LogP contribution in [-0.2, 0) is 27.3 Å². The Balaban J connectivity index is 2.30. The van der Waals surface area contributed by atoms with Gasteiger partial charge in [0.05, 0.1) is 6.04 Å². The molecule has 2 rings (SSSR count). The minimum Gasteiger partial charge on any atom is -0.480 e. The number of aliphatic carboxylic acids is 1. The zero-order chi connectivity index (χ0) is 24.5. The van der Waals surface area contributed by atoms with E-state index in [2.05, 4.69) is 23.3 Å². The van der Waals surface area contributed by atoms with E-state index in [1.54, 1.807) is 4.90 Å². The third kappa shape index (κ3) is 7.45. The molecule has 33 heavy (non-hydrogen) atoms. The number of fused-ring (bicyclic) bond motifs is 1. The van der Waals surface area contributed by atoms with Crippen molar-refractivity contribution < 1.29 is 19.5 Å². The molecule has 0 aliphatic carbocycles. The van der Waals surface area contributed by atoms with Gasteiger partial charge in [0.2, 0.25) is 11.8 Å². The number of nitrogens with one attached hydrogen (secondary N) is 2. The van der Waals surface area contributed by atoms with Crippen molar-refractivity contribution in [3.8, 4) is 0 Å². The van der Waals surface area contributed by atoms with Crippen LogP contribution in [0.5, 0.6) is 0 Å². The van der Waals surface area contributed by atoms with Crippen LogP contribution >= 0.6 is 12.6 Å². The number of hydrogen-bond donors (Lipinski definition) is 5. The van der Waals surface area contributed by atoms with Gasteiger partial charge in [-0.1, -0.05) is 57.9 Å². The molecule has 0 fully saturated rings. The molecule has 0 radical (unpaired) electrons. The first-order valence-electron chi connectivity index (χ1n) is 11.7. The molecule has 1 aromatic rings. The number of nitrogens with two attached hydrogens (primary N) is 1. The number of carboxylic acid groups (broad SMARTS) is 1. The topological polar surface area (TPSA) is 125 Å². The fourth-order valence-electron chi connectivity index (χ4n) is 4.05. The number of hydrogen-bond acceptors (Lipinski definition) is 6. The molecule has 0 bridgehead atoms. The maximum absolute atomic E-state index is 13.7. The van der Waals surface area contributed by atoms with Gasteiger partial charge in [-0.05, 0) is 23.5 Å². The smallest absolute Gasteiger partial charge is 0.326 e. The molecular weight excluding hydrogens is 440 g/mol. The number of carboxylic acids is 1. The molecule has 8 nitrogen and oxygen atoms in total. The molecule has 1 aliphatic rings. The minimum absolute atomic E-state index is 0.0261. The first-order chi connectivity index (χ1) is 15.7. The summed E-state index contributed by atoms with van der Waals surface area (Å²) in [7, 11) is 0. The van der Waals surface area contributed by atoms with E-state index < -0.39 is 30.0 Å². The van der Waals surface area contributed by atoms with E-state index >= 15 is 0 Å². The fraction of sp³-hybridized carbons (Fsp3) is 0.625. The maximum atomic E-state index is 13.7. The van der Waals surface area contributed by atoms with Crippen LogP contribution in [0.2, 0.25) is 0 Å². The Hall–Kier alpha value is -2.10. The van der Waals surface area contributed by atoms with E-state index in [4.69, 9.17) is 5.73 Å². The lowest BCUT2D eigenvalue weighted by Gasteiger charge is -2.39.